The maximum absolute atomic E-state index is 13.4. The number of nitrogens with one attached hydrogen (secondary N) is 1. The van der Waals surface area contributed by atoms with Crippen LogP contribution in [-0.4, -0.2) is 36.6 Å². The third-order valence-electron chi connectivity index (χ3n) is 4.32. The van der Waals surface area contributed by atoms with Gasteiger partial charge in [-0.05, 0) is 36.4 Å². The number of thiophene rings is 1. The minimum Gasteiger partial charge on any atom is -0.326 e. The Morgan fingerprint density at radius 2 is 2.00 bits per heavy atom. The number of nitro benzene ring substituents is 1. The van der Waals surface area contributed by atoms with Crippen LogP contribution in [0.25, 0.3) is 0 Å². The lowest BCUT2D eigenvalue weighted by Gasteiger charge is -2.30. The Bertz CT molecular complexity index is 954. The molecule has 11 heteroatoms. The minimum absolute atomic E-state index is 0.127. The number of carbonyl (C=O) groups is 1. The number of amides is 1. The third kappa shape index (κ3) is 4.15. The molecule has 27 heavy (non-hydrogen) atoms. The Hall–Kier alpha value is -2.37. The number of hydrogen-bond donors (Lipinski definition) is 1. The Kier molecular flexibility index (Phi) is 5.53. The SMILES string of the molecule is O=C(Nc1ccc(F)c([N+](=O)[O-])c1)C1CCN(S(=O)(=O)c2cccs2)CC1. The number of hydrogen-bond acceptors (Lipinski definition) is 6. The average Bonchev–Trinajstić information content (AvgIpc) is 3.19. The van der Waals surface area contributed by atoms with E-state index in [1.165, 1.54) is 10.4 Å². The largest absolute Gasteiger partial charge is 0.326 e. The smallest absolute Gasteiger partial charge is 0.306 e. The van der Waals surface area contributed by atoms with Crippen LogP contribution in [0.15, 0.2) is 39.9 Å². The second-order valence-corrected chi connectivity index (χ2v) is 9.14. The lowest BCUT2D eigenvalue weighted by atomic mass is 9.97. The highest BCUT2D eigenvalue weighted by Gasteiger charge is 2.32. The highest BCUT2D eigenvalue weighted by atomic mass is 32.2. The van der Waals surface area contributed by atoms with Crippen molar-refractivity contribution >= 4 is 38.6 Å². The molecule has 1 amide bonds. The molecule has 1 aromatic carbocycles. The number of sulfonamides is 1. The predicted molar refractivity (Wildman–Crippen MR) is 97.5 cm³/mol. The molecule has 1 aliphatic rings. The van der Waals surface area contributed by atoms with Crippen LogP contribution in [0.1, 0.15) is 12.8 Å². The van der Waals surface area contributed by atoms with Crippen LogP contribution in [0, 0.1) is 21.8 Å². The van der Waals surface area contributed by atoms with Gasteiger partial charge in [0.2, 0.25) is 11.7 Å². The monoisotopic (exact) mass is 413 g/mol. The lowest BCUT2D eigenvalue weighted by Crippen LogP contribution is -2.41. The fourth-order valence-corrected chi connectivity index (χ4v) is 5.48. The summed E-state index contributed by atoms with van der Waals surface area (Å²) in [6.07, 6.45) is 0.666. The van der Waals surface area contributed by atoms with Crippen molar-refractivity contribution < 1.29 is 22.5 Å². The Balaban J connectivity index is 1.62. The number of nitro groups is 1. The van der Waals surface area contributed by atoms with E-state index in [1.807, 2.05) is 0 Å². The van der Waals surface area contributed by atoms with E-state index < -0.39 is 32.4 Å². The summed E-state index contributed by atoms with van der Waals surface area (Å²) in [5.74, 6) is -1.78. The first-order valence-corrected chi connectivity index (χ1v) is 10.4. The second kappa shape index (κ2) is 7.71. The van der Waals surface area contributed by atoms with Crippen molar-refractivity contribution in [3.8, 4) is 0 Å². The lowest BCUT2D eigenvalue weighted by molar-refractivity contribution is -0.387. The summed E-state index contributed by atoms with van der Waals surface area (Å²) in [5.41, 5.74) is -0.591. The summed E-state index contributed by atoms with van der Waals surface area (Å²) >= 11 is 1.14. The van der Waals surface area contributed by atoms with Gasteiger partial charge in [0.05, 0.1) is 4.92 Å². The molecule has 2 heterocycles. The predicted octanol–water partition coefficient (Wildman–Crippen LogP) is 2.83. The quantitative estimate of drug-likeness (QED) is 0.599. The molecule has 1 aliphatic heterocycles. The highest BCUT2D eigenvalue weighted by molar-refractivity contribution is 7.91. The van der Waals surface area contributed by atoms with E-state index in [4.69, 9.17) is 0 Å². The highest BCUT2D eigenvalue weighted by Crippen LogP contribution is 2.28. The molecule has 0 atom stereocenters. The molecule has 1 aromatic heterocycles. The molecular weight excluding hydrogens is 397 g/mol. The maximum Gasteiger partial charge on any atom is 0.306 e. The zero-order valence-electron chi connectivity index (χ0n) is 14.0. The Morgan fingerprint density at radius 1 is 1.30 bits per heavy atom. The fourth-order valence-electron chi connectivity index (χ4n) is 2.87. The van der Waals surface area contributed by atoms with Gasteiger partial charge in [0.1, 0.15) is 4.21 Å². The zero-order valence-corrected chi connectivity index (χ0v) is 15.6. The zero-order chi connectivity index (χ0) is 19.6. The third-order valence-corrected chi connectivity index (χ3v) is 7.60. The summed E-state index contributed by atoms with van der Waals surface area (Å²) < 4.78 is 40.0. The molecule has 0 saturated carbocycles. The van der Waals surface area contributed by atoms with Crippen LogP contribution in [0.4, 0.5) is 15.8 Å². The number of benzene rings is 1. The van der Waals surface area contributed by atoms with Crippen LogP contribution < -0.4 is 5.32 Å². The molecule has 0 radical (unpaired) electrons. The van der Waals surface area contributed by atoms with E-state index in [2.05, 4.69) is 5.32 Å². The van der Waals surface area contributed by atoms with Gasteiger partial charge in [0.15, 0.2) is 0 Å². The van der Waals surface area contributed by atoms with Crippen LogP contribution in [0.5, 0.6) is 0 Å². The van der Waals surface area contributed by atoms with Crippen molar-refractivity contribution in [1.82, 2.24) is 4.31 Å². The van der Waals surface area contributed by atoms with Crippen molar-refractivity contribution in [2.24, 2.45) is 5.92 Å². The molecule has 1 fully saturated rings. The summed E-state index contributed by atoms with van der Waals surface area (Å²) in [4.78, 5) is 22.3. The van der Waals surface area contributed by atoms with Gasteiger partial charge >= 0.3 is 5.69 Å². The first kappa shape index (κ1) is 19.4. The van der Waals surface area contributed by atoms with E-state index in [0.717, 1.165) is 23.5 Å². The second-order valence-electron chi connectivity index (χ2n) is 6.02. The topological polar surface area (TPSA) is 110 Å². The van der Waals surface area contributed by atoms with Crippen molar-refractivity contribution in [2.45, 2.75) is 17.1 Å². The van der Waals surface area contributed by atoms with E-state index in [-0.39, 0.29) is 28.9 Å². The van der Waals surface area contributed by atoms with E-state index in [1.54, 1.807) is 17.5 Å². The van der Waals surface area contributed by atoms with Crippen LogP contribution in [0.2, 0.25) is 0 Å². The number of anilines is 1. The summed E-state index contributed by atoms with van der Waals surface area (Å²) in [6.45, 7) is 0.420. The fraction of sp³-hybridized carbons (Fsp3) is 0.312. The molecule has 8 nitrogen and oxygen atoms in total. The van der Waals surface area contributed by atoms with E-state index in [9.17, 15) is 27.7 Å². The summed E-state index contributed by atoms with van der Waals surface area (Å²) in [5, 5.41) is 15.0. The number of halogens is 1. The minimum atomic E-state index is -3.54. The van der Waals surface area contributed by atoms with Gasteiger partial charge in [-0.1, -0.05) is 6.07 Å². The molecule has 1 saturated heterocycles. The molecule has 1 N–H and O–H groups in total. The van der Waals surface area contributed by atoms with Crippen LogP contribution in [-0.2, 0) is 14.8 Å². The van der Waals surface area contributed by atoms with Gasteiger partial charge in [-0.2, -0.15) is 8.70 Å². The van der Waals surface area contributed by atoms with E-state index in [0.29, 0.717) is 12.8 Å². The Morgan fingerprint density at radius 3 is 2.59 bits per heavy atom. The van der Waals surface area contributed by atoms with Crippen molar-refractivity contribution in [3.63, 3.8) is 0 Å². The van der Waals surface area contributed by atoms with Crippen molar-refractivity contribution in [3.05, 3.63) is 51.6 Å². The maximum atomic E-state index is 13.4. The van der Waals surface area contributed by atoms with Gasteiger partial charge < -0.3 is 5.32 Å². The summed E-state index contributed by atoms with van der Waals surface area (Å²) in [7, 11) is -3.54. The first-order valence-electron chi connectivity index (χ1n) is 8.07. The first-order chi connectivity index (χ1) is 12.8. The standard InChI is InChI=1S/C16H16FN3O5S2/c17-13-4-3-12(10-14(13)20(22)23)18-16(21)11-5-7-19(8-6-11)27(24,25)15-2-1-9-26-15/h1-4,9-11H,5-8H2,(H,18,21). The number of rotatable bonds is 5. The van der Waals surface area contributed by atoms with Gasteiger partial charge in [0.25, 0.3) is 10.0 Å². The van der Waals surface area contributed by atoms with Gasteiger partial charge in [-0.25, -0.2) is 8.42 Å². The normalized spacial score (nSPS) is 16.2. The molecule has 0 spiro atoms. The van der Waals surface area contributed by atoms with Crippen molar-refractivity contribution in [1.29, 1.82) is 0 Å². The van der Waals surface area contributed by atoms with Gasteiger partial charge in [0, 0.05) is 30.8 Å². The van der Waals surface area contributed by atoms with Crippen LogP contribution >= 0.6 is 11.3 Å². The van der Waals surface area contributed by atoms with Crippen LogP contribution in [0.3, 0.4) is 0 Å². The molecule has 144 valence electrons. The average molecular weight is 413 g/mol. The van der Waals surface area contributed by atoms with E-state index >= 15 is 0 Å². The summed E-state index contributed by atoms with van der Waals surface area (Å²) in [6, 6.07) is 6.34. The van der Waals surface area contributed by atoms with Gasteiger partial charge in [-0.15, -0.1) is 11.3 Å². The molecule has 3 rings (SSSR count). The Labute approximate surface area is 158 Å². The number of nitrogens with zero attached hydrogens (tertiary/aromatic N) is 2. The molecule has 2 aromatic rings. The molecule has 0 bridgehead atoms. The molecule has 0 unspecified atom stereocenters. The number of carbonyl (C=O) groups excluding carboxylic acids is 1. The van der Waals surface area contributed by atoms with Gasteiger partial charge in [-0.3, -0.25) is 14.9 Å². The molecular formula is C16H16FN3O5S2. The molecule has 0 aliphatic carbocycles. The van der Waals surface area contributed by atoms with Crippen molar-refractivity contribution in [2.75, 3.05) is 18.4 Å². The number of piperidine rings is 1.